The number of benzene rings is 2. The predicted octanol–water partition coefficient (Wildman–Crippen LogP) is 2.08. The van der Waals surface area contributed by atoms with E-state index in [9.17, 15) is 35.1 Å². The van der Waals surface area contributed by atoms with Gasteiger partial charge >= 0.3 is 0 Å². The molecule has 2 aromatic carbocycles. The van der Waals surface area contributed by atoms with E-state index < -0.39 is 52.1 Å². The third-order valence-corrected chi connectivity index (χ3v) is 5.62. The van der Waals surface area contributed by atoms with Crippen molar-refractivity contribution in [2.45, 2.75) is 32.0 Å². The Labute approximate surface area is 154 Å². The molecule has 5 N–H and O–H groups in total. The average molecular weight is 370 g/mol. The van der Waals surface area contributed by atoms with Gasteiger partial charge in [0.25, 0.3) is 0 Å². The fourth-order valence-electron chi connectivity index (χ4n) is 4.23. The van der Waals surface area contributed by atoms with Gasteiger partial charge in [-0.25, -0.2) is 0 Å². The third kappa shape index (κ3) is 2.15. The summed E-state index contributed by atoms with van der Waals surface area (Å²) in [5.74, 6) is -3.62. The lowest BCUT2D eigenvalue weighted by atomic mass is 9.73. The van der Waals surface area contributed by atoms with E-state index in [0.29, 0.717) is 6.42 Å². The van der Waals surface area contributed by atoms with Crippen molar-refractivity contribution in [1.82, 2.24) is 0 Å². The van der Waals surface area contributed by atoms with Crippen molar-refractivity contribution in [3.8, 4) is 17.2 Å². The molecule has 0 heterocycles. The molecule has 0 saturated heterocycles. The highest BCUT2D eigenvalue weighted by molar-refractivity contribution is 6.31. The SMILES string of the molecule is CC[C@@H]1C[C@H](O)c2c(O)c3c(c(O)c2[C@@H]1O)C(=O)c1cccc(O)c1C3=O. The molecule has 4 rings (SSSR count). The van der Waals surface area contributed by atoms with Gasteiger partial charge in [0.2, 0.25) is 5.78 Å². The molecule has 27 heavy (non-hydrogen) atoms. The van der Waals surface area contributed by atoms with E-state index in [0.717, 1.165) is 0 Å². The van der Waals surface area contributed by atoms with E-state index in [1.165, 1.54) is 18.2 Å². The number of aliphatic hydroxyl groups is 2. The number of aromatic hydroxyl groups is 3. The monoisotopic (exact) mass is 370 g/mol. The van der Waals surface area contributed by atoms with Crippen molar-refractivity contribution in [2.75, 3.05) is 0 Å². The molecule has 2 aliphatic rings. The largest absolute Gasteiger partial charge is 0.507 e. The highest BCUT2D eigenvalue weighted by Crippen LogP contribution is 2.53. The summed E-state index contributed by atoms with van der Waals surface area (Å²) in [6.07, 6.45) is -1.75. The molecule has 0 bridgehead atoms. The lowest BCUT2D eigenvalue weighted by Gasteiger charge is -2.35. The number of carbonyl (C=O) groups is 2. The molecule has 0 spiro atoms. The number of phenols is 3. The third-order valence-electron chi connectivity index (χ3n) is 5.62. The number of hydrogen-bond donors (Lipinski definition) is 5. The van der Waals surface area contributed by atoms with Gasteiger partial charge in [0.1, 0.15) is 17.2 Å². The predicted molar refractivity (Wildman–Crippen MR) is 93.1 cm³/mol. The minimum Gasteiger partial charge on any atom is -0.507 e. The summed E-state index contributed by atoms with van der Waals surface area (Å²) in [5, 5.41) is 52.6. The summed E-state index contributed by atoms with van der Waals surface area (Å²) in [6, 6.07) is 3.98. The molecular formula is C20H18O7. The number of rotatable bonds is 1. The zero-order valence-electron chi connectivity index (χ0n) is 14.4. The molecule has 2 aromatic rings. The molecule has 0 amide bonds. The van der Waals surface area contributed by atoms with E-state index in [1.54, 1.807) is 0 Å². The quantitative estimate of drug-likeness (QED) is 0.414. The maximum Gasteiger partial charge on any atom is 0.202 e. The topological polar surface area (TPSA) is 135 Å². The Kier molecular flexibility index (Phi) is 3.76. The van der Waals surface area contributed by atoms with Gasteiger partial charge in [-0.3, -0.25) is 9.59 Å². The summed E-state index contributed by atoms with van der Waals surface area (Å²) >= 11 is 0. The van der Waals surface area contributed by atoms with Gasteiger partial charge in [0.15, 0.2) is 5.78 Å². The molecule has 0 aromatic heterocycles. The highest BCUT2D eigenvalue weighted by Gasteiger charge is 2.44. The number of carbonyl (C=O) groups excluding carboxylic acids is 2. The number of hydrogen-bond acceptors (Lipinski definition) is 7. The first kappa shape index (κ1) is 17.5. The van der Waals surface area contributed by atoms with Crippen molar-refractivity contribution >= 4 is 11.6 Å². The second-order valence-corrected chi connectivity index (χ2v) is 7.00. The zero-order valence-corrected chi connectivity index (χ0v) is 14.4. The normalized spacial score (nSPS) is 23.6. The van der Waals surface area contributed by atoms with Crippen LogP contribution in [0.5, 0.6) is 17.2 Å². The molecule has 0 radical (unpaired) electrons. The standard InChI is InChI=1S/C20H18O7/c1-2-7-6-10(22)12-13(16(7)23)20(27)14-15(19(12)26)18(25)11-8(17(14)24)4-3-5-9(11)21/h3-5,7,10,16,21-23,26-27H,2,6H2,1H3/t7-,10+,16-/m1/s1. The summed E-state index contributed by atoms with van der Waals surface area (Å²) in [4.78, 5) is 25.8. The second-order valence-electron chi connectivity index (χ2n) is 7.00. The highest BCUT2D eigenvalue weighted by atomic mass is 16.3. The van der Waals surface area contributed by atoms with E-state index in [-0.39, 0.29) is 34.6 Å². The molecule has 7 nitrogen and oxygen atoms in total. The average Bonchev–Trinajstić information content (AvgIpc) is 2.63. The minimum atomic E-state index is -1.21. The molecule has 7 heteroatoms. The molecule has 3 atom stereocenters. The fraction of sp³-hybridized carbons (Fsp3) is 0.300. The van der Waals surface area contributed by atoms with Crippen LogP contribution >= 0.6 is 0 Å². The van der Waals surface area contributed by atoms with Gasteiger partial charge in [-0.1, -0.05) is 25.5 Å². The van der Waals surface area contributed by atoms with Crippen molar-refractivity contribution < 1.29 is 35.1 Å². The minimum absolute atomic E-state index is 0.0972. The Balaban J connectivity index is 2.08. The van der Waals surface area contributed by atoms with Crippen LogP contribution < -0.4 is 0 Å². The molecule has 0 unspecified atom stereocenters. The summed E-state index contributed by atoms with van der Waals surface area (Å²) in [6.45, 7) is 1.81. The van der Waals surface area contributed by atoms with Crippen LogP contribution in [0.15, 0.2) is 18.2 Å². The first-order chi connectivity index (χ1) is 12.8. The Morgan fingerprint density at radius 2 is 1.56 bits per heavy atom. The summed E-state index contributed by atoms with van der Waals surface area (Å²) in [7, 11) is 0. The van der Waals surface area contributed by atoms with Crippen LogP contribution in [0.25, 0.3) is 0 Å². The number of aliphatic hydroxyl groups excluding tert-OH is 2. The van der Waals surface area contributed by atoms with Crippen LogP contribution in [0.4, 0.5) is 0 Å². The lowest BCUT2D eigenvalue weighted by Crippen LogP contribution is -2.28. The maximum absolute atomic E-state index is 12.9. The molecule has 0 aliphatic heterocycles. The van der Waals surface area contributed by atoms with E-state index in [2.05, 4.69) is 0 Å². The molecule has 140 valence electrons. The summed E-state index contributed by atoms with van der Waals surface area (Å²) in [5.41, 5.74) is -1.52. The second kappa shape index (κ2) is 5.80. The van der Waals surface area contributed by atoms with Crippen LogP contribution in [-0.2, 0) is 0 Å². The van der Waals surface area contributed by atoms with Crippen LogP contribution in [0, 0.1) is 5.92 Å². The number of ketones is 2. The van der Waals surface area contributed by atoms with E-state index in [4.69, 9.17) is 0 Å². The maximum atomic E-state index is 12.9. The Morgan fingerprint density at radius 3 is 2.22 bits per heavy atom. The Bertz CT molecular complexity index is 1010. The zero-order chi connectivity index (χ0) is 19.6. The fourth-order valence-corrected chi connectivity index (χ4v) is 4.23. The first-order valence-corrected chi connectivity index (χ1v) is 8.68. The molecule has 2 aliphatic carbocycles. The molecular weight excluding hydrogens is 352 g/mol. The molecule has 0 saturated carbocycles. The first-order valence-electron chi connectivity index (χ1n) is 8.68. The lowest BCUT2D eigenvalue weighted by molar-refractivity contribution is 0.0333. The van der Waals surface area contributed by atoms with Gasteiger partial charge in [0, 0.05) is 16.7 Å². The Morgan fingerprint density at radius 1 is 0.926 bits per heavy atom. The van der Waals surface area contributed by atoms with Crippen LogP contribution in [0.1, 0.15) is 74.9 Å². The van der Waals surface area contributed by atoms with Crippen molar-refractivity contribution in [3.63, 3.8) is 0 Å². The van der Waals surface area contributed by atoms with Crippen LogP contribution in [0.2, 0.25) is 0 Å². The van der Waals surface area contributed by atoms with Gasteiger partial charge in [0.05, 0.1) is 28.9 Å². The smallest absolute Gasteiger partial charge is 0.202 e. The number of phenolic OH excluding ortho intramolecular Hbond substituents is 3. The number of fused-ring (bicyclic) bond motifs is 3. The van der Waals surface area contributed by atoms with E-state index in [1.807, 2.05) is 6.92 Å². The van der Waals surface area contributed by atoms with Crippen molar-refractivity contribution in [1.29, 1.82) is 0 Å². The van der Waals surface area contributed by atoms with Gasteiger partial charge in [-0.05, 0) is 18.4 Å². The van der Waals surface area contributed by atoms with E-state index >= 15 is 0 Å². The van der Waals surface area contributed by atoms with Gasteiger partial charge in [-0.15, -0.1) is 0 Å². The van der Waals surface area contributed by atoms with Gasteiger partial charge < -0.3 is 25.5 Å². The van der Waals surface area contributed by atoms with Crippen molar-refractivity contribution in [2.24, 2.45) is 5.92 Å². The van der Waals surface area contributed by atoms with Crippen molar-refractivity contribution in [3.05, 3.63) is 51.6 Å². The summed E-state index contributed by atoms with van der Waals surface area (Å²) < 4.78 is 0. The van der Waals surface area contributed by atoms with Crippen LogP contribution in [-0.4, -0.2) is 37.1 Å². The molecule has 0 fully saturated rings. The van der Waals surface area contributed by atoms with Gasteiger partial charge in [-0.2, -0.15) is 0 Å². The van der Waals surface area contributed by atoms with Crippen LogP contribution in [0.3, 0.4) is 0 Å². The Hall–Kier alpha value is -2.90.